The second-order valence-electron chi connectivity index (χ2n) is 5.11. The Bertz CT molecular complexity index is 449. The van der Waals surface area contributed by atoms with E-state index in [-0.39, 0.29) is 5.91 Å². The van der Waals surface area contributed by atoms with E-state index in [0.29, 0.717) is 22.7 Å². The lowest BCUT2D eigenvalue weighted by Gasteiger charge is -2.22. The number of hydrogen-bond acceptors (Lipinski definition) is 2. The Kier molecular flexibility index (Phi) is 2.79. The van der Waals surface area contributed by atoms with Gasteiger partial charge in [-0.05, 0) is 43.2 Å². The second kappa shape index (κ2) is 4.30. The molecule has 0 aromatic carbocycles. The molecule has 0 saturated heterocycles. The van der Waals surface area contributed by atoms with Crippen LogP contribution in [-0.2, 0) is 0 Å². The number of carbonyl (C=O) groups excluding carboxylic acids is 1. The minimum atomic E-state index is -0.0925. The first-order chi connectivity index (χ1) is 8.22. The predicted molar refractivity (Wildman–Crippen MR) is 65.9 cm³/mol. The van der Waals surface area contributed by atoms with Crippen molar-refractivity contribution in [2.24, 2.45) is 11.8 Å². The van der Waals surface area contributed by atoms with Crippen molar-refractivity contribution in [3.63, 3.8) is 0 Å². The molecule has 2 bridgehead atoms. The highest BCUT2D eigenvalue weighted by Gasteiger charge is 2.40. The molecule has 2 aliphatic carbocycles. The molecule has 17 heavy (non-hydrogen) atoms. The van der Waals surface area contributed by atoms with Crippen molar-refractivity contribution in [3.05, 3.63) is 29.0 Å². The van der Waals surface area contributed by atoms with Crippen LogP contribution in [-0.4, -0.2) is 16.9 Å². The van der Waals surface area contributed by atoms with Crippen LogP contribution in [0.2, 0.25) is 5.02 Å². The summed E-state index contributed by atoms with van der Waals surface area (Å²) in [5.74, 6) is 1.42. The Labute approximate surface area is 106 Å². The molecule has 1 amide bonds. The van der Waals surface area contributed by atoms with E-state index in [2.05, 4.69) is 10.3 Å². The van der Waals surface area contributed by atoms with E-state index in [0.717, 1.165) is 12.3 Å². The van der Waals surface area contributed by atoms with Crippen LogP contribution < -0.4 is 5.32 Å². The van der Waals surface area contributed by atoms with Crippen LogP contribution in [0.25, 0.3) is 0 Å². The highest BCUT2D eigenvalue weighted by atomic mass is 35.5. The summed E-state index contributed by atoms with van der Waals surface area (Å²) < 4.78 is 0. The van der Waals surface area contributed by atoms with E-state index in [1.54, 1.807) is 18.3 Å². The van der Waals surface area contributed by atoms with Gasteiger partial charge in [0.15, 0.2) is 0 Å². The summed E-state index contributed by atoms with van der Waals surface area (Å²) in [6.45, 7) is 0. The highest BCUT2D eigenvalue weighted by molar-refractivity contribution is 6.30. The SMILES string of the molecule is O=C(NC1CC2CCC1C2)c1cc(Cl)ccn1. The Morgan fingerprint density at radius 1 is 1.41 bits per heavy atom. The predicted octanol–water partition coefficient (Wildman–Crippen LogP) is 2.65. The van der Waals surface area contributed by atoms with E-state index < -0.39 is 0 Å². The molecule has 0 radical (unpaired) electrons. The molecule has 2 saturated carbocycles. The first-order valence-corrected chi connectivity index (χ1v) is 6.52. The van der Waals surface area contributed by atoms with Crippen molar-refractivity contribution >= 4 is 17.5 Å². The minimum Gasteiger partial charge on any atom is -0.348 e. The molecule has 3 atom stereocenters. The molecule has 3 rings (SSSR count). The fourth-order valence-corrected chi connectivity index (χ4v) is 3.35. The number of rotatable bonds is 2. The van der Waals surface area contributed by atoms with Crippen LogP contribution in [0.5, 0.6) is 0 Å². The standard InChI is InChI=1S/C13H15ClN2O/c14-10-3-4-15-12(7-10)13(17)16-11-6-8-1-2-9(11)5-8/h3-4,7-9,11H,1-2,5-6H2,(H,16,17). The molecule has 2 fully saturated rings. The highest BCUT2D eigenvalue weighted by Crippen LogP contribution is 2.44. The van der Waals surface area contributed by atoms with Gasteiger partial charge in [0, 0.05) is 17.3 Å². The molecular formula is C13H15ClN2O. The van der Waals surface area contributed by atoms with Gasteiger partial charge in [0.2, 0.25) is 0 Å². The third-order valence-corrected chi connectivity index (χ3v) is 4.24. The van der Waals surface area contributed by atoms with Crippen molar-refractivity contribution in [1.29, 1.82) is 0 Å². The summed E-state index contributed by atoms with van der Waals surface area (Å²) in [5, 5.41) is 3.65. The van der Waals surface area contributed by atoms with Crippen LogP contribution in [0.3, 0.4) is 0 Å². The Balaban J connectivity index is 1.68. The maximum absolute atomic E-state index is 12.0. The van der Waals surface area contributed by atoms with Crippen LogP contribution >= 0.6 is 11.6 Å². The zero-order chi connectivity index (χ0) is 11.8. The number of nitrogens with zero attached hydrogens (tertiary/aromatic N) is 1. The number of halogens is 1. The van der Waals surface area contributed by atoms with Crippen molar-refractivity contribution in [2.45, 2.75) is 31.7 Å². The number of hydrogen-bond donors (Lipinski definition) is 1. The molecule has 4 heteroatoms. The summed E-state index contributed by atoms with van der Waals surface area (Å²) >= 11 is 5.85. The quantitative estimate of drug-likeness (QED) is 0.877. The number of pyridine rings is 1. The molecule has 1 aromatic rings. The van der Waals surface area contributed by atoms with Crippen LogP contribution in [0.4, 0.5) is 0 Å². The lowest BCUT2D eigenvalue weighted by molar-refractivity contribution is 0.0918. The molecule has 1 N–H and O–H groups in total. The van der Waals surface area contributed by atoms with Gasteiger partial charge in [-0.1, -0.05) is 18.0 Å². The Morgan fingerprint density at radius 3 is 2.94 bits per heavy atom. The fraction of sp³-hybridized carbons (Fsp3) is 0.538. The van der Waals surface area contributed by atoms with Gasteiger partial charge in [-0.3, -0.25) is 9.78 Å². The summed E-state index contributed by atoms with van der Waals surface area (Å²) in [6.07, 6.45) is 6.59. The number of aromatic nitrogens is 1. The smallest absolute Gasteiger partial charge is 0.270 e. The van der Waals surface area contributed by atoms with E-state index in [4.69, 9.17) is 11.6 Å². The van der Waals surface area contributed by atoms with E-state index in [9.17, 15) is 4.79 Å². The first-order valence-electron chi connectivity index (χ1n) is 6.15. The molecule has 0 aliphatic heterocycles. The molecule has 1 heterocycles. The average Bonchev–Trinajstić information content (AvgIpc) is 2.91. The van der Waals surface area contributed by atoms with Crippen LogP contribution in [0.15, 0.2) is 18.3 Å². The van der Waals surface area contributed by atoms with Gasteiger partial charge in [0.1, 0.15) is 5.69 Å². The van der Waals surface area contributed by atoms with Gasteiger partial charge in [-0.15, -0.1) is 0 Å². The number of fused-ring (bicyclic) bond motifs is 2. The zero-order valence-electron chi connectivity index (χ0n) is 9.53. The molecule has 2 aliphatic rings. The molecule has 3 unspecified atom stereocenters. The van der Waals surface area contributed by atoms with Crippen LogP contribution in [0.1, 0.15) is 36.2 Å². The molecule has 3 nitrogen and oxygen atoms in total. The molecule has 1 aromatic heterocycles. The summed E-state index contributed by atoms with van der Waals surface area (Å²) in [4.78, 5) is 16.0. The lowest BCUT2D eigenvalue weighted by atomic mass is 9.95. The largest absolute Gasteiger partial charge is 0.348 e. The normalized spacial score (nSPS) is 30.5. The van der Waals surface area contributed by atoms with Crippen molar-refractivity contribution < 1.29 is 4.79 Å². The third kappa shape index (κ3) is 2.16. The van der Waals surface area contributed by atoms with Crippen molar-refractivity contribution in [1.82, 2.24) is 10.3 Å². The fourth-order valence-electron chi connectivity index (χ4n) is 3.19. The number of amides is 1. The van der Waals surface area contributed by atoms with Crippen molar-refractivity contribution in [3.8, 4) is 0 Å². The number of nitrogens with one attached hydrogen (secondary N) is 1. The third-order valence-electron chi connectivity index (χ3n) is 4.01. The monoisotopic (exact) mass is 250 g/mol. The number of carbonyl (C=O) groups is 1. The molecule has 90 valence electrons. The van der Waals surface area contributed by atoms with Gasteiger partial charge in [0.05, 0.1) is 0 Å². The Morgan fingerprint density at radius 2 is 2.29 bits per heavy atom. The van der Waals surface area contributed by atoms with E-state index in [1.807, 2.05) is 0 Å². The van der Waals surface area contributed by atoms with E-state index >= 15 is 0 Å². The van der Waals surface area contributed by atoms with Crippen LogP contribution in [0, 0.1) is 11.8 Å². The molecule has 0 spiro atoms. The summed E-state index contributed by atoms with van der Waals surface area (Å²) in [5.41, 5.74) is 0.417. The van der Waals surface area contributed by atoms with Gasteiger partial charge in [0.25, 0.3) is 5.91 Å². The van der Waals surface area contributed by atoms with Gasteiger partial charge >= 0.3 is 0 Å². The lowest BCUT2D eigenvalue weighted by Crippen LogP contribution is -2.38. The second-order valence-corrected chi connectivity index (χ2v) is 5.55. The summed E-state index contributed by atoms with van der Waals surface area (Å²) in [7, 11) is 0. The van der Waals surface area contributed by atoms with Gasteiger partial charge in [-0.2, -0.15) is 0 Å². The topological polar surface area (TPSA) is 42.0 Å². The minimum absolute atomic E-state index is 0.0925. The van der Waals surface area contributed by atoms with Crippen molar-refractivity contribution in [2.75, 3.05) is 0 Å². The zero-order valence-corrected chi connectivity index (χ0v) is 10.3. The average molecular weight is 251 g/mol. The van der Waals surface area contributed by atoms with E-state index in [1.165, 1.54) is 19.3 Å². The maximum Gasteiger partial charge on any atom is 0.270 e. The Hall–Kier alpha value is -1.09. The van der Waals surface area contributed by atoms with Gasteiger partial charge in [-0.25, -0.2) is 0 Å². The maximum atomic E-state index is 12.0. The summed E-state index contributed by atoms with van der Waals surface area (Å²) in [6, 6.07) is 3.64. The molecular weight excluding hydrogens is 236 g/mol. The first kappa shape index (κ1) is 11.0. The van der Waals surface area contributed by atoms with Gasteiger partial charge < -0.3 is 5.32 Å².